The van der Waals surface area contributed by atoms with Crippen molar-refractivity contribution in [3.8, 4) is 16.9 Å². The number of nitrogens with zero attached hydrogens (tertiary/aromatic N) is 3. The van der Waals surface area contributed by atoms with Crippen LogP contribution in [0.3, 0.4) is 0 Å². The molecule has 0 amide bonds. The van der Waals surface area contributed by atoms with Crippen molar-refractivity contribution >= 4 is 40.4 Å². The lowest BCUT2D eigenvalue weighted by Crippen LogP contribution is -2.54. The summed E-state index contributed by atoms with van der Waals surface area (Å²) < 4.78 is 2.29. The maximum Gasteiger partial charge on any atom is 0.137 e. The lowest BCUT2D eigenvalue weighted by Gasteiger charge is -2.23. The number of aromatic nitrogens is 3. The SMILES string of the molecule is Cc1ccnc(-n2c3ccccc3c3ccc(-c4cccc([Si](C)(C)c5ccccn5)c4)cc32)c1. The first-order valence-corrected chi connectivity index (χ1v) is 15.0. The van der Waals surface area contributed by atoms with Gasteiger partial charge in [0.15, 0.2) is 0 Å². The molecule has 0 aliphatic carbocycles. The van der Waals surface area contributed by atoms with Gasteiger partial charge < -0.3 is 0 Å². The van der Waals surface area contributed by atoms with Crippen LogP contribution >= 0.6 is 0 Å². The fraction of sp³-hybridized carbons (Fsp3) is 0.0968. The molecule has 0 N–H and O–H groups in total. The highest BCUT2D eigenvalue weighted by Gasteiger charge is 2.27. The highest BCUT2D eigenvalue weighted by molar-refractivity contribution is 6.99. The Morgan fingerprint density at radius 2 is 1.43 bits per heavy atom. The Morgan fingerprint density at radius 1 is 0.629 bits per heavy atom. The minimum Gasteiger partial charge on any atom is -0.294 e. The summed E-state index contributed by atoms with van der Waals surface area (Å²) in [6, 6.07) is 34.9. The fourth-order valence-corrected chi connectivity index (χ4v) is 7.24. The van der Waals surface area contributed by atoms with Crippen molar-refractivity contribution in [1.82, 2.24) is 14.5 Å². The second-order valence-electron chi connectivity index (χ2n) is 9.70. The Labute approximate surface area is 206 Å². The zero-order valence-corrected chi connectivity index (χ0v) is 21.2. The van der Waals surface area contributed by atoms with Crippen LogP contribution in [-0.4, -0.2) is 22.6 Å². The van der Waals surface area contributed by atoms with Gasteiger partial charge in [0.2, 0.25) is 0 Å². The molecular formula is C31H27N3Si. The van der Waals surface area contributed by atoms with Crippen molar-refractivity contribution in [2.24, 2.45) is 0 Å². The van der Waals surface area contributed by atoms with E-state index in [1.165, 1.54) is 49.0 Å². The number of para-hydroxylation sites is 1. The van der Waals surface area contributed by atoms with Gasteiger partial charge >= 0.3 is 0 Å². The quantitative estimate of drug-likeness (QED) is 0.281. The van der Waals surface area contributed by atoms with Crippen LogP contribution in [0.15, 0.2) is 109 Å². The first kappa shape index (κ1) is 21.5. The first-order chi connectivity index (χ1) is 17.0. The summed E-state index contributed by atoms with van der Waals surface area (Å²) in [7, 11) is -1.90. The second-order valence-corrected chi connectivity index (χ2v) is 14.0. The van der Waals surface area contributed by atoms with Crippen LogP contribution in [0.2, 0.25) is 13.1 Å². The Hall–Kier alpha value is -4.02. The number of aryl methyl sites for hydroxylation is 1. The zero-order chi connectivity index (χ0) is 24.0. The second kappa shape index (κ2) is 8.33. The van der Waals surface area contributed by atoms with E-state index in [-0.39, 0.29) is 0 Å². The summed E-state index contributed by atoms with van der Waals surface area (Å²) in [5.41, 5.74) is 5.99. The Kier molecular flexibility index (Phi) is 5.12. The lowest BCUT2D eigenvalue weighted by atomic mass is 10.0. The smallest absolute Gasteiger partial charge is 0.137 e. The van der Waals surface area contributed by atoms with Crippen LogP contribution in [0, 0.1) is 6.92 Å². The van der Waals surface area contributed by atoms with Crippen molar-refractivity contribution < 1.29 is 0 Å². The van der Waals surface area contributed by atoms with Crippen molar-refractivity contribution in [3.63, 3.8) is 0 Å². The van der Waals surface area contributed by atoms with Crippen LogP contribution in [0.25, 0.3) is 38.8 Å². The molecule has 3 nitrogen and oxygen atoms in total. The molecule has 0 atom stereocenters. The molecule has 0 saturated carbocycles. The molecule has 3 aromatic heterocycles. The standard InChI is InChI=1S/C31H27N3Si/c1-22-16-18-32-30(19-22)34-28-12-5-4-11-26(28)27-15-14-24(21-29(27)34)23-9-8-10-25(20-23)35(2,3)31-13-6-7-17-33-31/h4-21H,1-3H3. The number of pyridine rings is 2. The topological polar surface area (TPSA) is 30.7 Å². The van der Waals surface area contributed by atoms with Crippen molar-refractivity contribution in [3.05, 3.63) is 115 Å². The number of rotatable bonds is 4. The summed E-state index contributed by atoms with van der Waals surface area (Å²) >= 11 is 0. The van der Waals surface area contributed by atoms with E-state index in [0.29, 0.717) is 0 Å². The molecule has 6 aromatic rings. The van der Waals surface area contributed by atoms with Gasteiger partial charge in [0.1, 0.15) is 13.9 Å². The summed E-state index contributed by atoms with van der Waals surface area (Å²) in [4.78, 5) is 9.42. The molecule has 4 heteroatoms. The molecule has 0 saturated heterocycles. The van der Waals surface area contributed by atoms with Crippen LogP contribution in [-0.2, 0) is 0 Å². The minimum atomic E-state index is -1.90. The highest BCUT2D eigenvalue weighted by Crippen LogP contribution is 2.34. The molecule has 3 heterocycles. The molecule has 0 unspecified atom stereocenters. The summed E-state index contributed by atoms with van der Waals surface area (Å²) in [5.74, 6) is 0.950. The largest absolute Gasteiger partial charge is 0.294 e. The number of benzene rings is 3. The highest BCUT2D eigenvalue weighted by atomic mass is 28.3. The molecule has 0 bridgehead atoms. The van der Waals surface area contributed by atoms with E-state index in [1.807, 2.05) is 24.5 Å². The van der Waals surface area contributed by atoms with Crippen molar-refractivity contribution in [1.29, 1.82) is 0 Å². The van der Waals surface area contributed by atoms with E-state index < -0.39 is 8.07 Å². The summed E-state index contributed by atoms with van der Waals surface area (Å²) in [5, 5.41) is 5.08. The molecule has 0 spiro atoms. The number of hydrogen-bond acceptors (Lipinski definition) is 2. The normalized spacial score (nSPS) is 11.9. The Bertz CT molecular complexity index is 1680. The Balaban J connectivity index is 1.54. The molecule has 0 aliphatic rings. The third kappa shape index (κ3) is 3.67. The van der Waals surface area contributed by atoms with E-state index in [4.69, 9.17) is 9.97 Å². The molecule has 0 aliphatic heterocycles. The fourth-order valence-electron chi connectivity index (χ4n) is 5.01. The van der Waals surface area contributed by atoms with E-state index >= 15 is 0 Å². The van der Waals surface area contributed by atoms with Crippen LogP contribution < -0.4 is 10.5 Å². The molecule has 0 radical (unpaired) electrons. The minimum absolute atomic E-state index is 0.950. The van der Waals surface area contributed by atoms with Gasteiger partial charge in [0.05, 0.1) is 11.0 Å². The van der Waals surface area contributed by atoms with Crippen LogP contribution in [0.1, 0.15) is 5.56 Å². The Morgan fingerprint density at radius 3 is 2.26 bits per heavy atom. The number of fused-ring (bicyclic) bond motifs is 3. The maximum atomic E-state index is 4.73. The van der Waals surface area contributed by atoms with Gasteiger partial charge in [0, 0.05) is 28.5 Å². The average molecular weight is 470 g/mol. The third-order valence-corrected chi connectivity index (χ3v) is 10.4. The monoisotopic (exact) mass is 469 g/mol. The van der Waals surface area contributed by atoms with Crippen LogP contribution in [0.5, 0.6) is 0 Å². The van der Waals surface area contributed by atoms with E-state index in [2.05, 4.69) is 110 Å². The molecule has 3 aromatic carbocycles. The van der Waals surface area contributed by atoms with Gasteiger partial charge in [-0.2, -0.15) is 0 Å². The average Bonchev–Trinajstić information content (AvgIpc) is 3.23. The molecule has 170 valence electrons. The van der Waals surface area contributed by atoms with Gasteiger partial charge in [0.25, 0.3) is 0 Å². The summed E-state index contributed by atoms with van der Waals surface area (Å²) in [6.45, 7) is 6.86. The first-order valence-electron chi connectivity index (χ1n) is 12.0. The predicted molar refractivity (Wildman–Crippen MR) is 150 cm³/mol. The van der Waals surface area contributed by atoms with Gasteiger partial charge in [-0.05, 0) is 60.0 Å². The third-order valence-electron chi connectivity index (χ3n) is 7.03. The van der Waals surface area contributed by atoms with Crippen molar-refractivity contribution in [2.45, 2.75) is 20.0 Å². The van der Waals surface area contributed by atoms with E-state index in [9.17, 15) is 0 Å². The van der Waals surface area contributed by atoms with Gasteiger partial charge in [-0.15, -0.1) is 0 Å². The lowest BCUT2D eigenvalue weighted by molar-refractivity contribution is 1.07. The van der Waals surface area contributed by atoms with Gasteiger partial charge in [-0.3, -0.25) is 9.55 Å². The molecule has 0 fully saturated rings. The summed E-state index contributed by atoms with van der Waals surface area (Å²) in [6.07, 6.45) is 3.79. The van der Waals surface area contributed by atoms with Gasteiger partial charge in [-0.25, -0.2) is 4.98 Å². The predicted octanol–water partition coefficient (Wildman–Crippen LogP) is 6.37. The van der Waals surface area contributed by atoms with E-state index in [0.717, 1.165) is 5.82 Å². The maximum absolute atomic E-state index is 4.73. The molecule has 6 rings (SSSR count). The van der Waals surface area contributed by atoms with Gasteiger partial charge in [-0.1, -0.05) is 78.9 Å². The van der Waals surface area contributed by atoms with Crippen molar-refractivity contribution in [2.75, 3.05) is 0 Å². The molecule has 35 heavy (non-hydrogen) atoms. The molecular weight excluding hydrogens is 442 g/mol. The zero-order valence-electron chi connectivity index (χ0n) is 20.2. The van der Waals surface area contributed by atoms with E-state index in [1.54, 1.807) is 0 Å². The number of hydrogen-bond donors (Lipinski definition) is 0. The van der Waals surface area contributed by atoms with Crippen LogP contribution in [0.4, 0.5) is 0 Å².